The highest BCUT2D eigenvalue weighted by atomic mass is 19.1. The predicted molar refractivity (Wildman–Crippen MR) is 22.4 cm³/mol. The molecule has 0 atom stereocenters. The van der Waals surface area contributed by atoms with Crippen molar-refractivity contribution in [3.8, 4) is 0 Å². The van der Waals surface area contributed by atoms with E-state index in [1.54, 1.807) is 0 Å². The molecule has 3 heteroatoms. The van der Waals surface area contributed by atoms with Crippen molar-refractivity contribution >= 4 is 8.41 Å². The lowest BCUT2D eigenvalue weighted by molar-refractivity contribution is 0.527. The molecule has 0 aromatic carbocycles. The number of hydrogen-bond donors (Lipinski definition) is 1. The topological polar surface area (TPSA) is 35.0 Å². The number of alkyl halides is 1. The Morgan fingerprint density at radius 3 is 1.60 bits per heavy atom. The maximum absolute atomic E-state index is 10.3. The second kappa shape index (κ2) is 37.9. The smallest absolute Gasteiger partial charge is 0.0866 e. The minimum Gasteiger partial charge on any atom is -0.344 e. The molecule has 3 N–H and O–H groups in total. The third-order valence-corrected chi connectivity index (χ3v) is 0. The highest BCUT2D eigenvalue weighted by Gasteiger charge is 1.39. The van der Waals surface area contributed by atoms with E-state index in [2.05, 4.69) is 0 Å². The minimum absolute atomic E-state index is 0. The Morgan fingerprint density at radius 2 is 1.60 bits per heavy atom. The van der Waals surface area contributed by atoms with Crippen molar-refractivity contribution in [2.75, 3.05) is 6.67 Å². The molecule has 0 rings (SSSR count). The van der Waals surface area contributed by atoms with Gasteiger partial charge in [-0.15, -0.1) is 0 Å². The molecule has 1 nitrogen and oxygen atoms in total. The average Bonchev–Trinajstić information content (AvgIpc) is 0.918. The average molecular weight is 75.9 g/mol. The van der Waals surface area contributed by atoms with Crippen molar-refractivity contribution < 1.29 is 4.39 Å². The summed E-state index contributed by atoms with van der Waals surface area (Å²) in [5.74, 6) is 0. The Labute approximate surface area is 33.7 Å². The molecule has 0 aromatic heterocycles. The van der Waals surface area contributed by atoms with Crippen LogP contribution in [0.4, 0.5) is 4.39 Å². The van der Waals surface area contributed by atoms with E-state index in [1.165, 1.54) is 6.92 Å². The van der Waals surface area contributed by atoms with Crippen molar-refractivity contribution in [3.63, 3.8) is 0 Å². The lowest BCUT2D eigenvalue weighted by Gasteiger charge is -1.45. The van der Waals surface area contributed by atoms with E-state index >= 15 is 0 Å². The van der Waals surface area contributed by atoms with Crippen molar-refractivity contribution in [1.29, 1.82) is 0 Å². The summed E-state index contributed by atoms with van der Waals surface area (Å²) in [4.78, 5) is 0. The van der Waals surface area contributed by atoms with Gasteiger partial charge < -0.3 is 6.15 Å². The van der Waals surface area contributed by atoms with E-state index < -0.39 is 0 Å². The lowest BCUT2D eigenvalue weighted by Crippen LogP contribution is -1.40. The third kappa shape index (κ3) is 7440. The number of rotatable bonds is 0. The molecule has 0 unspecified atom stereocenters. The summed E-state index contributed by atoms with van der Waals surface area (Å²) < 4.78 is 10.3. The van der Waals surface area contributed by atoms with Gasteiger partial charge in [0, 0.05) is 8.41 Å². The van der Waals surface area contributed by atoms with Crippen LogP contribution >= 0.6 is 0 Å². The van der Waals surface area contributed by atoms with Gasteiger partial charge in [-0.1, -0.05) is 0 Å². The first-order valence-corrected chi connectivity index (χ1v) is 0.974. The zero-order valence-corrected chi connectivity index (χ0v) is 3.37. The largest absolute Gasteiger partial charge is 0.344 e. The maximum atomic E-state index is 10.3. The van der Waals surface area contributed by atoms with E-state index in [0.29, 0.717) is 0 Å². The van der Waals surface area contributed by atoms with Crippen LogP contribution in [0.3, 0.4) is 0 Å². The summed E-state index contributed by atoms with van der Waals surface area (Å²) in [6, 6.07) is 0. The van der Waals surface area contributed by atoms with Crippen LogP contribution < -0.4 is 6.15 Å². The first-order valence-electron chi connectivity index (χ1n) is 0.974. The fourth-order valence-electron chi connectivity index (χ4n) is 0. The van der Waals surface area contributed by atoms with Crippen molar-refractivity contribution in [3.05, 3.63) is 0 Å². The Morgan fingerprint density at radius 1 is 1.60 bits per heavy atom. The van der Waals surface area contributed by atoms with Crippen molar-refractivity contribution in [2.45, 2.75) is 6.92 Å². The molecular weight excluding hydrogens is 67.8 g/mol. The molecule has 0 aliphatic rings. The molecule has 31 valence electrons. The molecule has 0 bridgehead atoms. The van der Waals surface area contributed by atoms with Crippen molar-refractivity contribution in [1.82, 2.24) is 6.15 Å². The SMILES string of the molecule is CCF.N.[B]. The normalized spacial score (nSPS) is 3.60. The minimum atomic E-state index is -0.250. The fraction of sp³-hybridized carbons (Fsp3) is 1.00. The van der Waals surface area contributed by atoms with E-state index in [0.717, 1.165) is 0 Å². The van der Waals surface area contributed by atoms with E-state index in [1.807, 2.05) is 0 Å². The van der Waals surface area contributed by atoms with Gasteiger partial charge in [0.05, 0.1) is 6.67 Å². The van der Waals surface area contributed by atoms with Gasteiger partial charge in [0.2, 0.25) is 0 Å². The molecule has 0 saturated heterocycles. The van der Waals surface area contributed by atoms with Crippen LogP contribution in [0.15, 0.2) is 0 Å². The second-order valence-corrected chi connectivity index (χ2v) is 0.267. The quantitative estimate of drug-likeness (QED) is 0.424. The van der Waals surface area contributed by atoms with Gasteiger partial charge in [0.15, 0.2) is 0 Å². The summed E-state index contributed by atoms with van der Waals surface area (Å²) in [7, 11) is 0. The van der Waals surface area contributed by atoms with Crippen LogP contribution in [0.5, 0.6) is 0 Å². The molecule has 0 amide bonds. The summed E-state index contributed by atoms with van der Waals surface area (Å²) in [6.07, 6.45) is 0. The second-order valence-electron chi connectivity index (χ2n) is 0.267. The van der Waals surface area contributed by atoms with Crippen LogP contribution in [-0.4, -0.2) is 15.1 Å². The molecule has 0 heterocycles. The van der Waals surface area contributed by atoms with Gasteiger partial charge in [0.25, 0.3) is 0 Å². The summed E-state index contributed by atoms with van der Waals surface area (Å²) in [6.45, 7) is 1.21. The standard InChI is InChI=1S/C2H5F.B.H3N/c1-2-3;;/h2H2,1H3;;1H3. The summed E-state index contributed by atoms with van der Waals surface area (Å²) >= 11 is 0. The summed E-state index contributed by atoms with van der Waals surface area (Å²) in [5, 5.41) is 0. The summed E-state index contributed by atoms with van der Waals surface area (Å²) in [5.41, 5.74) is 0. The highest BCUT2D eigenvalue weighted by Crippen LogP contribution is 1.48. The highest BCUT2D eigenvalue weighted by molar-refractivity contribution is 5.75. The van der Waals surface area contributed by atoms with Gasteiger partial charge >= 0.3 is 0 Å². The van der Waals surface area contributed by atoms with Gasteiger partial charge in [-0.2, -0.15) is 0 Å². The molecule has 0 aliphatic heterocycles. The predicted octanol–water partition coefficient (Wildman–Crippen LogP) is 0.757. The first-order chi connectivity index (χ1) is 1.41. The molecule has 5 heavy (non-hydrogen) atoms. The zero-order chi connectivity index (χ0) is 2.71. The van der Waals surface area contributed by atoms with E-state index in [4.69, 9.17) is 0 Å². The Balaban J connectivity index is -0.0000000200. The van der Waals surface area contributed by atoms with Crippen LogP contribution in [0, 0.1) is 0 Å². The lowest BCUT2D eigenvalue weighted by atomic mass is 10.8. The van der Waals surface area contributed by atoms with Gasteiger partial charge in [-0.25, -0.2) is 0 Å². The van der Waals surface area contributed by atoms with Gasteiger partial charge in [0.1, 0.15) is 0 Å². The van der Waals surface area contributed by atoms with Crippen LogP contribution in [0.1, 0.15) is 6.92 Å². The molecule has 0 spiro atoms. The van der Waals surface area contributed by atoms with Crippen LogP contribution in [-0.2, 0) is 0 Å². The monoisotopic (exact) mass is 76.1 g/mol. The Hall–Kier alpha value is -0.0451. The van der Waals surface area contributed by atoms with Crippen molar-refractivity contribution in [2.24, 2.45) is 0 Å². The number of halogens is 1. The zero-order valence-electron chi connectivity index (χ0n) is 3.37. The third-order valence-electron chi connectivity index (χ3n) is 0. The molecule has 3 radical (unpaired) electrons. The molecule has 0 aromatic rings. The van der Waals surface area contributed by atoms with Crippen LogP contribution in [0.2, 0.25) is 0 Å². The molecule has 0 fully saturated rings. The number of hydrogen-bond acceptors (Lipinski definition) is 1. The Kier molecular flexibility index (Phi) is 154. The van der Waals surface area contributed by atoms with Gasteiger partial charge in [-0.05, 0) is 6.92 Å². The Bertz CT molecular complexity index is 9.61. The molecule has 0 saturated carbocycles. The molecular formula is C2H8BFN. The molecule has 0 aliphatic carbocycles. The maximum Gasteiger partial charge on any atom is 0.0866 e. The van der Waals surface area contributed by atoms with Crippen LogP contribution in [0.25, 0.3) is 0 Å². The fourth-order valence-corrected chi connectivity index (χ4v) is 0. The van der Waals surface area contributed by atoms with Gasteiger partial charge in [-0.3, -0.25) is 4.39 Å². The van der Waals surface area contributed by atoms with E-state index in [-0.39, 0.29) is 21.2 Å². The first kappa shape index (κ1) is 20.3. The van der Waals surface area contributed by atoms with E-state index in [9.17, 15) is 4.39 Å².